The second kappa shape index (κ2) is 22.7. The van der Waals surface area contributed by atoms with Crippen molar-refractivity contribution in [3.8, 4) is 0 Å². The molecular weight excluding hydrogens is 416 g/mol. The van der Waals surface area contributed by atoms with Gasteiger partial charge in [0.15, 0.2) is 6.10 Å². The molecule has 0 bridgehead atoms. The van der Waals surface area contributed by atoms with Crippen LogP contribution in [0.4, 0.5) is 0 Å². The van der Waals surface area contributed by atoms with Crippen LogP contribution < -0.4 is 0 Å². The number of esters is 2. The monoisotopic (exact) mass is 470 g/mol. The van der Waals surface area contributed by atoms with Gasteiger partial charge < -0.3 is 14.6 Å². The first-order chi connectivity index (χ1) is 15.9. The van der Waals surface area contributed by atoms with Crippen LogP contribution in [-0.2, 0) is 19.1 Å². The van der Waals surface area contributed by atoms with Crippen molar-refractivity contribution >= 4 is 11.9 Å². The third kappa shape index (κ3) is 22.5. The Morgan fingerprint density at radius 3 is 1.70 bits per heavy atom. The van der Waals surface area contributed by atoms with Gasteiger partial charge in [0.25, 0.3) is 0 Å². The number of unbranched alkanes of at least 4 members (excludes halogenated alkanes) is 10. The lowest BCUT2D eigenvalue weighted by Gasteiger charge is -2.15. The third-order valence-corrected chi connectivity index (χ3v) is 6.37. The fraction of sp³-hybridized carbons (Fsp3) is 0.929. The molecule has 5 heteroatoms. The molecule has 0 aromatic carbocycles. The molecule has 2 atom stereocenters. The van der Waals surface area contributed by atoms with Gasteiger partial charge in [-0.25, -0.2) is 0 Å². The van der Waals surface area contributed by atoms with Gasteiger partial charge in [-0.1, -0.05) is 111 Å². The molecule has 0 radical (unpaired) electrons. The van der Waals surface area contributed by atoms with Gasteiger partial charge >= 0.3 is 11.9 Å². The lowest BCUT2D eigenvalue weighted by atomic mass is 10.00. The number of carbonyl (C=O) groups excluding carboxylic acids is 2. The quantitative estimate of drug-likeness (QED) is 0.125. The van der Waals surface area contributed by atoms with E-state index in [0.29, 0.717) is 12.8 Å². The Kier molecular flexibility index (Phi) is 21.9. The van der Waals surface area contributed by atoms with E-state index in [0.717, 1.165) is 50.4 Å². The number of hydrogen-bond acceptors (Lipinski definition) is 5. The van der Waals surface area contributed by atoms with Gasteiger partial charge in [-0.15, -0.1) is 0 Å². The molecular formula is C28H54O5. The van der Waals surface area contributed by atoms with Crippen molar-refractivity contribution in [2.75, 3.05) is 13.2 Å². The molecule has 0 aliphatic rings. The molecule has 33 heavy (non-hydrogen) atoms. The van der Waals surface area contributed by atoms with E-state index in [-0.39, 0.29) is 25.2 Å². The van der Waals surface area contributed by atoms with E-state index in [9.17, 15) is 14.7 Å². The first-order valence-electron chi connectivity index (χ1n) is 13.8. The summed E-state index contributed by atoms with van der Waals surface area (Å²) in [6.45, 7) is 8.67. The zero-order chi connectivity index (χ0) is 24.7. The minimum absolute atomic E-state index is 0.0630. The van der Waals surface area contributed by atoms with Crippen LogP contribution >= 0.6 is 0 Å². The van der Waals surface area contributed by atoms with Gasteiger partial charge in [-0.05, 0) is 24.7 Å². The van der Waals surface area contributed by atoms with E-state index in [4.69, 9.17) is 9.47 Å². The van der Waals surface area contributed by atoms with E-state index in [2.05, 4.69) is 27.7 Å². The fourth-order valence-electron chi connectivity index (χ4n) is 3.83. The average molecular weight is 471 g/mol. The minimum Gasteiger partial charge on any atom is -0.462 e. The fourth-order valence-corrected chi connectivity index (χ4v) is 3.83. The van der Waals surface area contributed by atoms with Crippen LogP contribution in [-0.4, -0.2) is 36.4 Å². The Morgan fingerprint density at radius 1 is 0.697 bits per heavy atom. The largest absolute Gasteiger partial charge is 0.462 e. The lowest BCUT2D eigenvalue weighted by Crippen LogP contribution is -2.28. The predicted molar refractivity (Wildman–Crippen MR) is 136 cm³/mol. The smallest absolute Gasteiger partial charge is 0.306 e. The topological polar surface area (TPSA) is 72.8 Å². The molecule has 5 nitrogen and oxygen atoms in total. The van der Waals surface area contributed by atoms with Gasteiger partial charge in [0.1, 0.15) is 6.61 Å². The zero-order valence-electron chi connectivity index (χ0n) is 22.2. The maximum absolute atomic E-state index is 12.0. The van der Waals surface area contributed by atoms with E-state index in [1.54, 1.807) is 0 Å². The van der Waals surface area contributed by atoms with E-state index < -0.39 is 6.10 Å². The predicted octanol–water partition coefficient (Wildman–Crippen LogP) is 7.38. The Labute approximate surface area is 204 Å². The van der Waals surface area contributed by atoms with Gasteiger partial charge in [-0.2, -0.15) is 0 Å². The summed E-state index contributed by atoms with van der Waals surface area (Å²) in [5.41, 5.74) is 0. The molecule has 1 N–H and O–H groups in total. The highest BCUT2D eigenvalue weighted by atomic mass is 16.6. The molecule has 0 fully saturated rings. The molecule has 0 saturated heterocycles. The third-order valence-electron chi connectivity index (χ3n) is 6.37. The van der Waals surface area contributed by atoms with Gasteiger partial charge in [0.2, 0.25) is 0 Å². The highest BCUT2D eigenvalue weighted by Gasteiger charge is 2.16. The van der Waals surface area contributed by atoms with Crippen molar-refractivity contribution in [2.45, 2.75) is 143 Å². The van der Waals surface area contributed by atoms with Gasteiger partial charge in [-0.3, -0.25) is 9.59 Å². The maximum Gasteiger partial charge on any atom is 0.306 e. The summed E-state index contributed by atoms with van der Waals surface area (Å²) in [5, 5.41) is 9.42. The highest BCUT2D eigenvalue weighted by Crippen LogP contribution is 2.15. The molecule has 0 rings (SSSR count). The van der Waals surface area contributed by atoms with E-state index >= 15 is 0 Å². The Bertz CT molecular complexity index is 463. The summed E-state index contributed by atoms with van der Waals surface area (Å²) in [6, 6.07) is 0. The first-order valence-corrected chi connectivity index (χ1v) is 13.8. The molecule has 0 aliphatic carbocycles. The molecule has 0 amide bonds. The molecule has 0 saturated carbocycles. The number of aliphatic hydroxyl groups is 1. The summed E-state index contributed by atoms with van der Waals surface area (Å²) in [6.07, 6.45) is 17.4. The van der Waals surface area contributed by atoms with Crippen LogP contribution in [0.3, 0.4) is 0 Å². The van der Waals surface area contributed by atoms with Crippen molar-refractivity contribution in [1.29, 1.82) is 0 Å². The maximum atomic E-state index is 12.0. The van der Waals surface area contributed by atoms with Crippen LogP contribution in [0.5, 0.6) is 0 Å². The molecule has 0 aromatic rings. The van der Waals surface area contributed by atoms with Crippen LogP contribution in [0.15, 0.2) is 0 Å². The standard InChI is InChI=1S/C28H54O5/c1-5-25(4)19-15-11-7-9-12-16-20-27(30)32-23-26(22-29)33-28(31)21-17-13-8-6-10-14-18-24(2)3/h24-26,29H,5-23H2,1-4H3/t25?,26-/m0/s1. The molecule has 196 valence electrons. The number of carbonyl (C=O) groups is 2. The normalized spacial score (nSPS) is 13.2. The van der Waals surface area contributed by atoms with Gasteiger partial charge in [0, 0.05) is 12.8 Å². The molecule has 1 unspecified atom stereocenters. The lowest BCUT2D eigenvalue weighted by molar-refractivity contribution is -0.161. The summed E-state index contributed by atoms with van der Waals surface area (Å²) in [4.78, 5) is 23.9. The number of rotatable bonds is 23. The minimum atomic E-state index is -0.761. The van der Waals surface area contributed by atoms with Crippen molar-refractivity contribution in [2.24, 2.45) is 11.8 Å². The summed E-state index contributed by atoms with van der Waals surface area (Å²) in [5.74, 6) is 1.01. The van der Waals surface area contributed by atoms with Crippen molar-refractivity contribution < 1.29 is 24.2 Å². The zero-order valence-corrected chi connectivity index (χ0v) is 22.2. The molecule has 0 spiro atoms. The second-order valence-corrected chi connectivity index (χ2v) is 10.2. The van der Waals surface area contributed by atoms with Crippen LogP contribution in [0, 0.1) is 11.8 Å². The Balaban J connectivity index is 3.65. The highest BCUT2D eigenvalue weighted by molar-refractivity contribution is 5.70. The number of aliphatic hydroxyl groups excluding tert-OH is 1. The van der Waals surface area contributed by atoms with Crippen LogP contribution in [0.25, 0.3) is 0 Å². The molecule has 0 aromatic heterocycles. The number of hydrogen-bond donors (Lipinski definition) is 1. The Morgan fingerprint density at radius 2 is 1.18 bits per heavy atom. The summed E-state index contributed by atoms with van der Waals surface area (Å²) in [7, 11) is 0. The van der Waals surface area contributed by atoms with E-state index in [1.165, 1.54) is 57.8 Å². The first kappa shape index (κ1) is 31.9. The van der Waals surface area contributed by atoms with Gasteiger partial charge in [0.05, 0.1) is 6.61 Å². The number of ether oxygens (including phenoxy) is 2. The van der Waals surface area contributed by atoms with Crippen molar-refractivity contribution in [1.82, 2.24) is 0 Å². The average Bonchev–Trinajstić information content (AvgIpc) is 2.79. The van der Waals surface area contributed by atoms with Crippen molar-refractivity contribution in [3.05, 3.63) is 0 Å². The molecule has 0 aliphatic heterocycles. The van der Waals surface area contributed by atoms with Crippen LogP contribution in [0.1, 0.15) is 137 Å². The summed E-state index contributed by atoms with van der Waals surface area (Å²) >= 11 is 0. The van der Waals surface area contributed by atoms with Crippen molar-refractivity contribution in [3.63, 3.8) is 0 Å². The second-order valence-electron chi connectivity index (χ2n) is 10.2. The summed E-state index contributed by atoms with van der Waals surface area (Å²) < 4.78 is 10.5. The molecule has 0 heterocycles. The van der Waals surface area contributed by atoms with E-state index in [1.807, 2.05) is 0 Å². The van der Waals surface area contributed by atoms with Crippen LogP contribution in [0.2, 0.25) is 0 Å². The SMILES string of the molecule is CCC(C)CCCCCCCCC(=O)OC[C@H](CO)OC(=O)CCCCCCCCC(C)C. The Hall–Kier alpha value is -1.10.